The minimum absolute atomic E-state index is 0.00892. The summed E-state index contributed by atoms with van der Waals surface area (Å²) in [5, 5.41) is 22.7. The van der Waals surface area contributed by atoms with Crippen LogP contribution in [-0.2, 0) is 4.79 Å². The Bertz CT molecular complexity index is 923. The molecule has 32 heavy (non-hydrogen) atoms. The molecule has 0 spiro atoms. The van der Waals surface area contributed by atoms with Gasteiger partial charge >= 0.3 is 0 Å². The molecule has 0 bridgehead atoms. The van der Waals surface area contributed by atoms with Gasteiger partial charge in [-0.05, 0) is 99.2 Å². The van der Waals surface area contributed by atoms with Crippen LogP contribution < -0.4 is 5.32 Å². The number of carbonyl (C=O) groups excluding carboxylic acids is 1. The molecule has 4 saturated carbocycles. The molecule has 1 aromatic rings. The predicted molar refractivity (Wildman–Crippen MR) is 121 cm³/mol. The van der Waals surface area contributed by atoms with Gasteiger partial charge in [-0.1, -0.05) is 13.8 Å². The molecule has 0 saturated heterocycles. The van der Waals surface area contributed by atoms with Gasteiger partial charge in [-0.15, -0.1) is 0 Å². The van der Waals surface area contributed by atoms with Gasteiger partial charge in [0.1, 0.15) is 6.07 Å². The largest absolute Gasteiger partial charge is 0.390 e. The molecule has 1 amide bonds. The Kier molecular flexibility index (Phi) is 5.32. The molecular weight excluding hydrogens is 400 g/mol. The van der Waals surface area contributed by atoms with Crippen molar-refractivity contribution in [3.05, 3.63) is 18.1 Å². The summed E-state index contributed by atoms with van der Waals surface area (Å²) in [4.78, 5) is 21.5. The fraction of sp³-hybridized carbons (Fsp3) is 0.769. The van der Waals surface area contributed by atoms with Crippen LogP contribution >= 0.6 is 0 Å². The molecule has 4 aliphatic rings. The van der Waals surface area contributed by atoms with Crippen LogP contribution in [0.25, 0.3) is 0 Å². The van der Waals surface area contributed by atoms with Crippen LogP contribution in [0.15, 0.2) is 12.4 Å². The number of carbonyl (C=O) groups is 1. The van der Waals surface area contributed by atoms with E-state index in [1.165, 1.54) is 31.7 Å². The Labute approximate surface area is 191 Å². The summed E-state index contributed by atoms with van der Waals surface area (Å²) in [6, 6.07) is 1.96. The van der Waals surface area contributed by atoms with Gasteiger partial charge in [-0.3, -0.25) is 4.79 Å². The predicted octanol–water partition coefficient (Wildman–Crippen LogP) is 4.55. The lowest BCUT2D eigenvalue weighted by atomic mass is 9.48. The maximum absolute atomic E-state index is 13.3. The molecule has 6 heteroatoms. The summed E-state index contributed by atoms with van der Waals surface area (Å²) >= 11 is 0. The van der Waals surface area contributed by atoms with Crippen molar-refractivity contribution in [1.29, 1.82) is 5.26 Å². The van der Waals surface area contributed by atoms with E-state index >= 15 is 0 Å². The maximum atomic E-state index is 13.3. The topological polar surface area (TPSA) is 98.9 Å². The number of nitrogens with zero attached hydrogens (tertiary/aromatic N) is 3. The first-order valence-electron chi connectivity index (χ1n) is 12.5. The van der Waals surface area contributed by atoms with Crippen molar-refractivity contribution in [1.82, 2.24) is 9.97 Å². The third-order valence-electron chi connectivity index (χ3n) is 10.2. The van der Waals surface area contributed by atoms with Crippen molar-refractivity contribution in [3.63, 3.8) is 0 Å². The monoisotopic (exact) mass is 436 g/mol. The van der Waals surface area contributed by atoms with E-state index in [2.05, 4.69) is 29.1 Å². The van der Waals surface area contributed by atoms with Crippen LogP contribution in [0, 0.1) is 58.2 Å². The molecule has 1 aromatic heterocycles. The molecule has 4 fully saturated rings. The second kappa shape index (κ2) is 7.80. The number of hydrogen-bond donors (Lipinski definition) is 2. The number of aliphatic hydroxyl groups is 1. The van der Waals surface area contributed by atoms with Gasteiger partial charge in [0, 0.05) is 5.92 Å². The summed E-state index contributed by atoms with van der Waals surface area (Å²) in [6.07, 6.45) is 11.9. The van der Waals surface area contributed by atoms with Gasteiger partial charge in [-0.25, -0.2) is 9.97 Å². The highest BCUT2D eigenvalue weighted by molar-refractivity contribution is 5.92. The molecule has 2 N–H and O–H groups in total. The van der Waals surface area contributed by atoms with E-state index < -0.39 is 5.60 Å². The molecule has 5 rings (SSSR count). The number of nitrogens with one attached hydrogen (secondary N) is 1. The Morgan fingerprint density at radius 2 is 1.94 bits per heavy atom. The van der Waals surface area contributed by atoms with E-state index in [1.807, 2.05) is 13.0 Å². The lowest BCUT2D eigenvalue weighted by Crippen LogP contribution is -2.53. The second-order valence-electron chi connectivity index (χ2n) is 11.7. The van der Waals surface area contributed by atoms with Gasteiger partial charge in [0.05, 0.1) is 18.0 Å². The molecule has 0 radical (unpaired) electrons. The lowest BCUT2D eigenvalue weighted by molar-refractivity contribution is -0.134. The Balaban J connectivity index is 1.30. The SMILES string of the molecule is CC1CC2C(CCC3C2CCC2(C)C(C(=O)Nc4cnc(C#N)cn4)CCC32)CC1(C)O. The highest BCUT2D eigenvalue weighted by Crippen LogP contribution is 2.65. The van der Waals surface area contributed by atoms with Gasteiger partial charge in [0.15, 0.2) is 11.5 Å². The van der Waals surface area contributed by atoms with Crippen molar-refractivity contribution in [2.24, 2.45) is 46.8 Å². The zero-order valence-corrected chi connectivity index (χ0v) is 19.6. The number of nitriles is 1. The number of rotatable bonds is 2. The standard InChI is InChI=1S/C26H36N4O2/c1-15-10-20-16(11-26(15,3)32)4-5-19-18(20)8-9-25(2)21(19)6-7-22(25)24(31)30-23-14-28-17(12-27)13-29-23/h13-16,18-22,32H,4-11H2,1-3H3,(H,29,30,31). The average molecular weight is 437 g/mol. The van der Waals surface area contributed by atoms with Crippen molar-refractivity contribution in [2.45, 2.75) is 77.7 Å². The number of anilines is 1. The van der Waals surface area contributed by atoms with E-state index in [1.54, 1.807) is 0 Å². The molecule has 9 atom stereocenters. The summed E-state index contributed by atoms with van der Waals surface area (Å²) in [7, 11) is 0. The molecule has 0 aliphatic heterocycles. The van der Waals surface area contributed by atoms with Gasteiger partial charge in [-0.2, -0.15) is 5.26 Å². The third-order valence-corrected chi connectivity index (χ3v) is 10.2. The van der Waals surface area contributed by atoms with Gasteiger partial charge < -0.3 is 10.4 Å². The van der Waals surface area contributed by atoms with Gasteiger partial charge in [0.2, 0.25) is 5.91 Å². The highest BCUT2D eigenvalue weighted by Gasteiger charge is 2.59. The maximum Gasteiger partial charge on any atom is 0.229 e. The minimum atomic E-state index is -0.512. The Morgan fingerprint density at radius 1 is 1.12 bits per heavy atom. The number of amides is 1. The van der Waals surface area contributed by atoms with E-state index in [0.29, 0.717) is 23.6 Å². The van der Waals surface area contributed by atoms with Gasteiger partial charge in [0.25, 0.3) is 0 Å². The van der Waals surface area contributed by atoms with Crippen LogP contribution in [0.1, 0.15) is 77.8 Å². The lowest BCUT2D eigenvalue weighted by Gasteiger charge is -2.58. The van der Waals surface area contributed by atoms with E-state index in [-0.39, 0.29) is 22.9 Å². The summed E-state index contributed by atoms with van der Waals surface area (Å²) in [5.41, 5.74) is -0.213. The fourth-order valence-corrected chi connectivity index (χ4v) is 8.34. The summed E-state index contributed by atoms with van der Waals surface area (Å²) in [5.74, 6) is 4.37. The normalized spacial score (nSPS) is 45.2. The van der Waals surface area contributed by atoms with Crippen molar-refractivity contribution in [2.75, 3.05) is 5.32 Å². The van der Waals surface area contributed by atoms with Crippen LogP contribution in [0.4, 0.5) is 5.82 Å². The van der Waals surface area contributed by atoms with Crippen molar-refractivity contribution in [3.8, 4) is 6.07 Å². The zero-order valence-electron chi connectivity index (χ0n) is 19.6. The van der Waals surface area contributed by atoms with E-state index in [9.17, 15) is 9.90 Å². The van der Waals surface area contributed by atoms with Crippen LogP contribution in [0.2, 0.25) is 0 Å². The van der Waals surface area contributed by atoms with Crippen molar-refractivity contribution >= 4 is 11.7 Å². The fourth-order valence-electron chi connectivity index (χ4n) is 8.34. The Morgan fingerprint density at radius 3 is 2.66 bits per heavy atom. The first-order valence-corrected chi connectivity index (χ1v) is 12.5. The molecule has 4 aliphatic carbocycles. The molecule has 6 nitrogen and oxygen atoms in total. The first-order chi connectivity index (χ1) is 15.2. The van der Waals surface area contributed by atoms with Crippen LogP contribution in [0.5, 0.6) is 0 Å². The number of hydrogen-bond acceptors (Lipinski definition) is 5. The Hall–Kier alpha value is -2.00. The summed E-state index contributed by atoms with van der Waals surface area (Å²) < 4.78 is 0. The average Bonchev–Trinajstić information content (AvgIpc) is 3.12. The van der Waals surface area contributed by atoms with Crippen molar-refractivity contribution < 1.29 is 9.90 Å². The summed E-state index contributed by atoms with van der Waals surface area (Å²) in [6.45, 7) is 6.63. The van der Waals surface area contributed by atoms with E-state index in [4.69, 9.17) is 5.26 Å². The molecular formula is C26H36N4O2. The third kappa shape index (κ3) is 3.44. The van der Waals surface area contributed by atoms with E-state index in [0.717, 1.165) is 49.9 Å². The molecule has 172 valence electrons. The van der Waals surface area contributed by atoms with Crippen LogP contribution in [0.3, 0.4) is 0 Å². The zero-order chi connectivity index (χ0) is 22.7. The highest BCUT2D eigenvalue weighted by atomic mass is 16.3. The second-order valence-corrected chi connectivity index (χ2v) is 11.7. The number of fused-ring (bicyclic) bond motifs is 5. The quantitative estimate of drug-likeness (QED) is 0.708. The molecule has 9 unspecified atom stereocenters. The van der Waals surface area contributed by atoms with Crippen LogP contribution in [-0.4, -0.2) is 26.6 Å². The number of aromatic nitrogens is 2. The molecule has 1 heterocycles. The smallest absolute Gasteiger partial charge is 0.229 e. The first kappa shape index (κ1) is 21.8. The minimum Gasteiger partial charge on any atom is -0.390 e. The molecule has 0 aromatic carbocycles.